The molecule has 1 aliphatic rings. The Bertz CT molecular complexity index is 695. The molecule has 0 spiro atoms. The monoisotopic (exact) mass is 315 g/mol. The molecule has 0 bridgehead atoms. The molecule has 2 N–H and O–H groups in total. The third-order valence-electron chi connectivity index (χ3n) is 5.14. The minimum absolute atomic E-state index is 0.125. The molecule has 2 aromatic rings. The fourth-order valence-electron chi connectivity index (χ4n) is 3.40. The molecule has 1 saturated carbocycles. The van der Waals surface area contributed by atoms with Crippen molar-refractivity contribution < 1.29 is 9.32 Å². The van der Waals surface area contributed by atoms with Crippen LogP contribution >= 0.6 is 0 Å². The van der Waals surface area contributed by atoms with Crippen molar-refractivity contribution in [3.05, 3.63) is 29.5 Å². The molecule has 23 heavy (non-hydrogen) atoms. The standard InChI is InChI=1S/C18H25N3O2/c1-11-7-8-17-14(9-11)16(21-23-17)10-19-18(22)20-15-6-4-5-12(2)13(15)3/h7-9,12-13,15H,4-6,10H2,1-3H3,(H2,19,20,22)/t12-,13+,15+/m0/s1. The first kappa shape index (κ1) is 15.8. The van der Waals surface area contributed by atoms with E-state index in [1.807, 2.05) is 25.1 Å². The lowest BCUT2D eigenvalue weighted by molar-refractivity contribution is 0.195. The second-order valence-electron chi connectivity index (χ2n) is 6.83. The maximum absolute atomic E-state index is 12.2. The van der Waals surface area contributed by atoms with E-state index in [1.165, 1.54) is 12.8 Å². The summed E-state index contributed by atoms with van der Waals surface area (Å²) in [5, 5.41) is 11.0. The maximum Gasteiger partial charge on any atom is 0.315 e. The van der Waals surface area contributed by atoms with Gasteiger partial charge in [0.25, 0.3) is 0 Å². The Hall–Kier alpha value is -2.04. The van der Waals surface area contributed by atoms with E-state index in [0.29, 0.717) is 18.4 Å². The van der Waals surface area contributed by atoms with Crippen molar-refractivity contribution in [1.82, 2.24) is 15.8 Å². The Kier molecular flexibility index (Phi) is 4.55. The second-order valence-corrected chi connectivity index (χ2v) is 6.83. The number of aryl methyl sites for hydroxylation is 1. The van der Waals surface area contributed by atoms with Gasteiger partial charge in [-0.05, 0) is 37.3 Å². The minimum atomic E-state index is -0.125. The third kappa shape index (κ3) is 3.49. The SMILES string of the molecule is Cc1ccc2onc(CNC(=O)N[C@@H]3CCC[C@H](C)[C@H]3C)c2c1. The summed E-state index contributed by atoms with van der Waals surface area (Å²) in [6.45, 7) is 6.89. The molecule has 124 valence electrons. The number of nitrogens with one attached hydrogen (secondary N) is 2. The van der Waals surface area contributed by atoms with Gasteiger partial charge in [0.05, 0.1) is 6.54 Å². The predicted molar refractivity (Wildman–Crippen MR) is 90.1 cm³/mol. The molecule has 1 heterocycles. The van der Waals surface area contributed by atoms with E-state index in [1.54, 1.807) is 0 Å². The van der Waals surface area contributed by atoms with Gasteiger partial charge in [-0.2, -0.15) is 0 Å². The quantitative estimate of drug-likeness (QED) is 0.906. The summed E-state index contributed by atoms with van der Waals surface area (Å²) >= 11 is 0. The molecular weight excluding hydrogens is 290 g/mol. The van der Waals surface area contributed by atoms with Gasteiger partial charge in [0.15, 0.2) is 5.58 Å². The van der Waals surface area contributed by atoms with Crippen LogP contribution in [0.15, 0.2) is 22.7 Å². The van der Waals surface area contributed by atoms with Gasteiger partial charge in [0.2, 0.25) is 0 Å². The van der Waals surface area contributed by atoms with Crippen molar-refractivity contribution in [3.8, 4) is 0 Å². The average molecular weight is 315 g/mol. The summed E-state index contributed by atoms with van der Waals surface area (Å²) in [5.41, 5.74) is 2.67. The second kappa shape index (κ2) is 6.60. The zero-order valence-corrected chi connectivity index (χ0v) is 14.1. The van der Waals surface area contributed by atoms with E-state index in [4.69, 9.17) is 4.52 Å². The van der Waals surface area contributed by atoms with Crippen molar-refractivity contribution in [2.24, 2.45) is 11.8 Å². The first-order valence-electron chi connectivity index (χ1n) is 8.44. The molecule has 1 fully saturated rings. The van der Waals surface area contributed by atoms with E-state index in [2.05, 4.69) is 29.6 Å². The van der Waals surface area contributed by atoms with Crippen molar-refractivity contribution in [2.45, 2.75) is 52.6 Å². The van der Waals surface area contributed by atoms with Crippen molar-refractivity contribution in [2.75, 3.05) is 0 Å². The summed E-state index contributed by atoms with van der Waals surface area (Å²) in [4.78, 5) is 12.2. The van der Waals surface area contributed by atoms with Crippen LogP contribution in [-0.2, 0) is 6.54 Å². The molecule has 1 aromatic heterocycles. The zero-order valence-electron chi connectivity index (χ0n) is 14.1. The highest BCUT2D eigenvalue weighted by molar-refractivity contribution is 5.81. The summed E-state index contributed by atoms with van der Waals surface area (Å²) in [7, 11) is 0. The number of urea groups is 1. The minimum Gasteiger partial charge on any atom is -0.356 e. The van der Waals surface area contributed by atoms with Gasteiger partial charge in [-0.1, -0.05) is 43.5 Å². The summed E-state index contributed by atoms with van der Waals surface area (Å²) < 4.78 is 5.30. The number of carbonyl (C=O) groups excluding carboxylic acids is 1. The number of fused-ring (bicyclic) bond motifs is 1. The molecule has 3 rings (SSSR count). The summed E-state index contributed by atoms with van der Waals surface area (Å²) in [6.07, 6.45) is 3.50. The molecule has 5 nitrogen and oxygen atoms in total. The average Bonchev–Trinajstić information content (AvgIpc) is 2.92. The highest BCUT2D eigenvalue weighted by Crippen LogP contribution is 2.29. The Balaban J connectivity index is 1.59. The van der Waals surface area contributed by atoms with Crippen LogP contribution in [0.3, 0.4) is 0 Å². The fraction of sp³-hybridized carbons (Fsp3) is 0.556. The Morgan fingerprint density at radius 2 is 2.17 bits per heavy atom. The fourth-order valence-corrected chi connectivity index (χ4v) is 3.40. The summed E-state index contributed by atoms with van der Waals surface area (Å²) in [5.74, 6) is 1.18. The molecule has 1 aliphatic carbocycles. The highest BCUT2D eigenvalue weighted by atomic mass is 16.5. The first-order chi connectivity index (χ1) is 11.0. The van der Waals surface area contributed by atoms with Gasteiger partial charge >= 0.3 is 6.03 Å². The van der Waals surface area contributed by atoms with Crippen LogP contribution in [0.4, 0.5) is 4.79 Å². The van der Waals surface area contributed by atoms with E-state index in [0.717, 1.165) is 28.6 Å². The molecular formula is C18H25N3O2. The number of amides is 2. The summed E-state index contributed by atoms with van der Waals surface area (Å²) in [6, 6.07) is 6.07. The van der Waals surface area contributed by atoms with Gasteiger partial charge in [-0.25, -0.2) is 4.79 Å². The van der Waals surface area contributed by atoms with Crippen LogP contribution in [0.2, 0.25) is 0 Å². The van der Waals surface area contributed by atoms with Crippen LogP contribution in [0.25, 0.3) is 11.0 Å². The van der Waals surface area contributed by atoms with E-state index < -0.39 is 0 Å². The number of hydrogen-bond acceptors (Lipinski definition) is 3. The Morgan fingerprint density at radius 3 is 3.00 bits per heavy atom. The molecule has 2 amide bonds. The van der Waals surface area contributed by atoms with E-state index in [-0.39, 0.29) is 12.1 Å². The lowest BCUT2D eigenvalue weighted by atomic mass is 9.78. The van der Waals surface area contributed by atoms with Crippen LogP contribution in [0.1, 0.15) is 44.4 Å². The topological polar surface area (TPSA) is 67.2 Å². The number of hydrogen-bond donors (Lipinski definition) is 2. The zero-order chi connectivity index (χ0) is 16.4. The van der Waals surface area contributed by atoms with Crippen LogP contribution in [0, 0.1) is 18.8 Å². The lowest BCUT2D eigenvalue weighted by Crippen LogP contribution is -2.47. The number of aromatic nitrogens is 1. The number of carbonyl (C=O) groups is 1. The Labute approximate surface area is 136 Å². The molecule has 0 unspecified atom stereocenters. The van der Waals surface area contributed by atoms with E-state index in [9.17, 15) is 4.79 Å². The smallest absolute Gasteiger partial charge is 0.315 e. The molecule has 0 radical (unpaired) electrons. The number of benzene rings is 1. The van der Waals surface area contributed by atoms with Gasteiger partial charge in [0, 0.05) is 11.4 Å². The first-order valence-corrected chi connectivity index (χ1v) is 8.44. The van der Waals surface area contributed by atoms with Crippen molar-refractivity contribution in [3.63, 3.8) is 0 Å². The normalized spacial score (nSPS) is 24.6. The van der Waals surface area contributed by atoms with Crippen LogP contribution in [-0.4, -0.2) is 17.2 Å². The molecule has 0 saturated heterocycles. The lowest BCUT2D eigenvalue weighted by Gasteiger charge is -2.34. The highest BCUT2D eigenvalue weighted by Gasteiger charge is 2.28. The van der Waals surface area contributed by atoms with Gasteiger partial charge in [-0.3, -0.25) is 0 Å². The van der Waals surface area contributed by atoms with Gasteiger partial charge < -0.3 is 15.2 Å². The number of rotatable bonds is 3. The molecule has 1 aromatic carbocycles. The Morgan fingerprint density at radius 1 is 1.35 bits per heavy atom. The van der Waals surface area contributed by atoms with Crippen LogP contribution < -0.4 is 10.6 Å². The van der Waals surface area contributed by atoms with Crippen LogP contribution in [0.5, 0.6) is 0 Å². The molecule has 0 aliphatic heterocycles. The molecule has 5 heteroatoms. The molecule has 3 atom stereocenters. The largest absolute Gasteiger partial charge is 0.356 e. The third-order valence-corrected chi connectivity index (χ3v) is 5.14. The van der Waals surface area contributed by atoms with E-state index >= 15 is 0 Å². The van der Waals surface area contributed by atoms with Gasteiger partial charge in [-0.15, -0.1) is 0 Å². The van der Waals surface area contributed by atoms with Crippen molar-refractivity contribution >= 4 is 17.0 Å². The van der Waals surface area contributed by atoms with Crippen molar-refractivity contribution in [1.29, 1.82) is 0 Å². The maximum atomic E-state index is 12.2. The van der Waals surface area contributed by atoms with Gasteiger partial charge in [0.1, 0.15) is 5.69 Å². The number of nitrogens with zero attached hydrogens (tertiary/aromatic N) is 1. The predicted octanol–water partition coefficient (Wildman–Crippen LogP) is 3.76.